The molecule has 0 saturated carbocycles. The van der Waals surface area contributed by atoms with Gasteiger partial charge in [-0.3, -0.25) is 4.79 Å². The average molecular weight is 563 g/mol. The SMILES string of the molecule is CC[C@H](C(=O)N1CCN(c2nc(Cc3ccc(C)cc3)nc3c2c(C)nn3-c2ccc(F)cc2)CC1)c1ccccc1. The third-order valence-corrected chi connectivity index (χ3v) is 8.08. The molecule has 6 rings (SSSR count). The largest absolute Gasteiger partial charge is 0.352 e. The molecule has 0 bridgehead atoms. The molecule has 3 heterocycles. The van der Waals surface area contributed by atoms with Crippen molar-refractivity contribution in [3.05, 3.63) is 113 Å². The van der Waals surface area contributed by atoms with Crippen molar-refractivity contribution in [3.63, 3.8) is 0 Å². The third kappa shape index (κ3) is 5.49. The zero-order valence-electron chi connectivity index (χ0n) is 24.3. The van der Waals surface area contributed by atoms with Gasteiger partial charge in [-0.15, -0.1) is 0 Å². The number of rotatable bonds is 7. The van der Waals surface area contributed by atoms with E-state index in [2.05, 4.69) is 43.0 Å². The minimum atomic E-state index is -0.299. The van der Waals surface area contributed by atoms with Crippen molar-refractivity contribution >= 4 is 22.8 Å². The van der Waals surface area contributed by atoms with Crippen LogP contribution in [0, 0.1) is 19.7 Å². The summed E-state index contributed by atoms with van der Waals surface area (Å²) in [6.45, 7) is 8.66. The summed E-state index contributed by atoms with van der Waals surface area (Å²) >= 11 is 0. The van der Waals surface area contributed by atoms with Gasteiger partial charge in [0.2, 0.25) is 5.91 Å². The molecule has 8 heteroatoms. The van der Waals surface area contributed by atoms with E-state index in [1.165, 1.54) is 17.7 Å². The molecule has 5 aromatic rings. The van der Waals surface area contributed by atoms with Crippen LogP contribution in [0.2, 0.25) is 0 Å². The number of anilines is 1. The first-order chi connectivity index (χ1) is 20.4. The topological polar surface area (TPSA) is 67.2 Å². The Labute approximate surface area is 245 Å². The predicted octanol–water partition coefficient (Wildman–Crippen LogP) is 6.00. The molecule has 0 unspecified atom stereocenters. The standard InChI is InChI=1S/C34H35FN6O/c1-4-29(26-8-6-5-7-9-26)34(42)40-20-18-39(19-21-40)32-31-24(3)38-41(28-16-14-27(35)15-17-28)33(31)37-30(36-32)22-25-12-10-23(2)11-13-25/h5-17,29H,4,18-22H2,1-3H3/t29-/m0/s1. The molecule has 0 spiro atoms. The molecule has 1 aliphatic rings. The van der Waals surface area contributed by atoms with Crippen LogP contribution in [0.25, 0.3) is 16.7 Å². The number of amides is 1. The lowest BCUT2D eigenvalue weighted by Crippen LogP contribution is -2.50. The number of halogens is 1. The maximum atomic E-state index is 13.7. The number of aromatic nitrogens is 4. The lowest BCUT2D eigenvalue weighted by Gasteiger charge is -2.37. The van der Waals surface area contributed by atoms with E-state index in [1.54, 1.807) is 16.8 Å². The number of carbonyl (C=O) groups excluding carboxylic acids is 1. The number of benzene rings is 3. The normalized spacial score (nSPS) is 14.4. The number of hydrogen-bond donors (Lipinski definition) is 0. The Kier molecular flexibility index (Phi) is 7.69. The van der Waals surface area contributed by atoms with Gasteiger partial charge in [0.1, 0.15) is 17.5 Å². The Balaban J connectivity index is 1.33. The van der Waals surface area contributed by atoms with Crippen LogP contribution in [0.1, 0.15) is 47.5 Å². The summed E-state index contributed by atoms with van der Waals surface area (Å²) in [5, 5.41) is 5.69. The van der Waals surface area contributed by atoms with E-state index < -0.39 is 0 Å². The number of nitrogens with zero attached hydrogens (tertiary/aromatic N) is 6. The van der Waals surface area contributed by atoms with Crippen molar-refractivity contribution in [1.82, 2.24) is 24.6 Å². The van der Waals surface area contributed by atoms with Crippen LogP contribution in [0.4, 0.5) is 10.2 Å². The Morgan fingerprint density at radius 3 is 2.24 bits per heavy atom. The van der Waals surface area contributed by atoms with Gasteiger partial charge in [0, 0.05) is 32.6 Å². The molecule has 1 aliphatic heterocycles. The monoisotopic (exact) mass is 562 g/mol. The lowest BCUT2D eigenvalue weighted by atomic mass is 9.95. The van der Waals surface area contributed by atoms with Crippen LogP contribution in [0.3, 0.4) is 0 Å². The molecule has 0 N–H and O–H groups in total. The number of carbonyl (C=O) groups is 1. The molecule has 2 aromatic heterocycles. The fraction of sp³-hybridized carbons (Fsp3) is 0.294. The number of hydrogen-bond acceptors (Lipinski definition) is 5. The minimum Gasteiger partial charge on any atom is -0.352 e. The molecule has 3 aromatic carbocycles. The van der Waals surface area contributed by atoms with E-state index in [0.29, 0.717) is 44.1 Å². The molecular formula is C34H35FN6O. The van der Waals surface area contributed by atoms with Crippen molar-refractivity contribution in [2.75, 3.05) is 31.1 Å². The zero-order chi connectivity index (χ0) is 29.2. The highest BCUT2D eigenvalue weighted by Crippen LogP contribution is 2.31. The maximum Gasteiger partial charge on any atom is 0.230 e. The minimum absolute atomic E-state index is 0.138. The summed E-state index contributed by atoms with van der Waals surface area (Å²) < 4.78 is 15.5. The maximum absolute atomic E-state index is 13.7. The number of aryl methyl sites for hydroxylation is 2. The fourth-order valence-electron chi connectivity index (χ4n) is 5.76. The van der Waals surface area contributed by atoms with Gasteiger partial charge < -0.3 is 9.80 Å². The van der Waals surface area contributed by atoms with E-state index in [0.717, 1.165) is 40.1 Å². The molecule has 1 fully saturated rings. The van der Waals surface area contributed by atoms with E-state index in [9.17, 15) is 9.18 Å². The van der Waals surface area contributed by atoms with Crippen LogP contribution in [-0.2, 0) is 11.2 Å². The van der Waals surface area contributed by atoms with E-state index in [4.69, 9.17) is 15.1 Å². The molecule has 214 valence electrons. The second-order valence-corrected chi connectivity index (χ2v) is 11.0. The van der Waals surface area contributed by atoms with Gasteiger partial charge in [-0.2, -0.15) is 5.10 Å². The molecule has 0 aliphatic carbocycles. The second kappa shape index (κ2) is 11.7. The highest BCUT2D eigenvalue weighted by Gasteiger charge is 2.30. The predicted molar refractivity (Wildman–Crippen MR) is 164 cm³/mol. The van der Waals surface area contributed by atoms with Crippen molar-refractivity contribution in [1.29, 1.82) is 0 Å². The van der Waals surface area contributed by atoms with Crippen molar-refractivity contribution in [2.45, 2.75) is 39.5 Å². The van der Waals surface area contributed by atoms with Crippen molar-refractivity contribution < 1.29 is 9.18 Å². The average Bonchev–Trinajstić information content (AvgIpc) is 3.35. The molecule has 42 heavy (non-hydrogen) atoms. The van der Waals surface area contributed by atoms with Gasteiger partial charge >= 0.3 is 0 Å². The summed E-state index contributed by atoms with van der Waals surface area (Å²) in [4.78, 5) is 27.9. The van der Waals surface area contributed by atoms with E-state index in [-0.39, 0.29) is 17.6 Å². The summed E-state index contributed by atoms with van der Waals surface area (Å²) in [6, 6.07) is 24.7. The van der Waals surface area contributed by atoms with E-state index >= 15 is 0 Å². The van der Waals surface area contributed by atoms with Crippen LogP contribution >= 0.6 is 0 Å². The summed E-state index contributed by atoms with van der Waals surface area (Å²) in [6.07, 6.45) is 1.34. The van der Waals surface area contributed by atoms with E-state index in [1.807, 2.05) is 42.2 Å². The fourth-order valence-corrected chi connectivity index (χ4v) is 5.76. The quantitative estimate of drug-likeness (QED) is 0.243. The van der Waals surface area contributed by atoms with Gasteiger partial charge in [0.25, 0.3) is 0 Å². The molecular weight excluding hydrogens is 527 g/mol. The van der Waals surface area contributed by atoms with Crippen LogP contribution < -0.4 is 4.90 Å². The first kappa shape index (κ1) is 27.6. The Morgan fingerprint density at radius 2 is 1.57 bits per heavy atom. The summed E-state index contributed by atoms with van der Waals surface area (Å²) in [5.41, 5.74) is 5.62. The van der Waals surface area contributed by atoms with Gasteiger partial charge in [0.05, 0.1) is 22.7 Å². The highest BCUT2D eigenvalue weighted by atomic mass is 19.1. The Morgan fingerprint density at radius 1 is 0.881 bits per heavy atom. The molecule has 0 radical (unpaired) electrons. The Hall–Kier alpha value is -4.59. The van der Waals surface area contributed by atoms with Gasteiger partial charge in [-0.25, -0.2) is 19.0 Å². The van der Waals surface area contributed by atoms with Crippen molar-refractivity contribution in [3.8, 4) is 5.69 Å². The highest BCUT2D eigenvalue weighted by molar-refractivity contribution is 5.91. The molecule has 1 amide bonds. The molecule has 7 nitrogen and oxygen atoms in total. The summed E-state index contributed by atoms with van der Waals surface area (Å²) in [7, 11) is 0. The number of piperazine rings is 1. The van der Waals surface area contributed by atoms with Crippen LogP contribution in [-0.4, -0.2) is 56.7 Å². The lowest BCUT2D eigenvalue weighted by molar-refractivity contribution is -0.133. The molecule has 1 atom stereocenters. The van der Waals surface area contributed by atoms with Gasteiger partial charge in [-0.1, -0.05) is 67.1 Å². The van der Waals surface area contributed by atoms with Crippen molar-refractivity contribution in [2.24, 2.45) is 0 Å². The number of fused-ring (bicyclic) bond motifs is 1. The van der Waals surface area contributed by atoms with Crippen LogP contribution in [0.5, 0.6) is 0 Å². The first-order valence-electron chi connectivity index (χ1n) is 14.6. The smallest absolute Gasteiger partial charge is 0.230 e. The Bertz CT molecular complexity index is 1690. The second-order valence-electron chi connectivity index (χ2n) is 11.0. The first-order valence-corrected chi connectivity index (χ1v) is 14.6. The van der Waals surface area contributed by atoms with Gasteiger partial charge in [-0.05, 0) is 55.7 Å². The summed E-state index contributed by atoms with van der Waals surface area (Å²) in [5.74, 6) is 1.26. The van der Waals surface area contributed by atoms with Crippen LogP contribution in [0.15, 0.2) is 78.9 Å². The molecule has 1 saturated heterocycles. The zero-order valence-corrected chi connectivity index (χ0v) is 24.3. The van der Waals surface area contributed by atoms with Gasteiger partial charge in [0.15, 0.2) is 5.65 Å². The third-order valence-electron chi connectivity index (χ3n) is 8.08.